The molecule has 1 aromatic carbocycles. The lowest BCUT2D eigenvalue weighted by molar-refractivity contribution is 0.290. The molecule has 2 rings (SSSR count). The molecule has 1 aliphatic carbocycles. The molecule has 21 heavy (non-hydrogen) atoms. The van der Waals surface area contributed by atoms with E-state index in [1.807, 2.05) is 0 Å². The van der Waals surface area contributed by atoms with Crippen molar-refractivity contribution in [1.82, 2.24) is 5.32 Å². The molecular formula is C19H30FN. The summed E-state index contributed by atoms with van der Waals surface area (Å²) in [6.07, 6.45) is 9.42. The van der Waals surface area contributed by atoms with Crippen LogP contribution < -0.4 is 5.32 Å². The Bertz CT molecular complexity index is 424. The molecule has 0 bridgehead atoms. The van der Waals surface area contributed by atoms with E-state index in [9.17, 15) is 4.39 Å². The fourth-order valence-corrected chi connectivity index (χ4v) is 3.96. The normalized spacial score (nSPS) is 19.0. The number of benzene rings is 1. The number of halogens is 1. The van der Waals surface area contributed by atoms with Crippen LogP contribution >= 0.6 is 0 Å². The summed E-state index contributed by atoms with van der Waals surface area (Å²) in [5.41, 5.74) is 3.53. The first-order valence-corrected chi connectivity index (χ1v) is 8.63. The van der Waals surface area contributed by atoms with Crippen LogP contribution in [0.1, 0.15) is 74.6 Å². The van der Waals surface area contributed by atoms with Gasteiger partial charge in [-0.15, -0.1) is 0 Å². The Morgan fingerprint density at radius 1 is 1.05 bits per heavy atom. The van der Waals surface area contributed by atoms with Gasteiger partial charge in [-0.3, -0.25) is 0 Å². The van der Waals surface area contributed by atoms with E-state index in [1.165, 1.54) is 50.5 Å². The average molecular weight is 291 g/mol. The summed E-state index contributed by atoms with van der Waals surface area (Å²) in [7, 11) is 0. The molecule has 1 aromatic rings. The van der Waals surface area contributed by atoms with Crippen molar-refractivity contribution in [1.29, 1.82) is 0 Å². The molecule has 0 heterocycles. The standard InChI is InChI=1S/C19H30FN/c1-4-21-19(16-10-8-6-5-7-9-11-16)18-14(2)12-17(20)13-15(18)3/h12-13,16,19,21H,4-11H2,1-3H3. The monoisotopic (exact) mass is 291 g/mol. The third kappa shape index (κ3) is 4.29. The summed E-state index contributed by atoms with van der Waals surface area (Å²) < 4.78 is 13.6. The summed E-state index contributed by atoms with van der Waals surface area (Å²) >= 11 is 0. The Morgan fingerprint density at radius 2 is 1.57 bits per heavy atom. The minimum Gasteiger partial charge on any atom is -0.310 e. The van der Waals surface area contributed by atoms with Crippen LogP contribution in [0.15, 0.2) is 12.1 Å². The van der Waals surface area contributed by atoms with Gasteiger partial charge in [0.25, 0.3) is 0 Å². The van der Waals surface area contributed by atoms with Crippen LogP contribution in [0.2, 0.25) is 0 Å². The lowest BCUT2D eigenvalue weighted by atomic mass is 9.80. The van der Waals surface area contributed by atoms with Crippen molar-refractivity contribution in [2.45, 2.75) is 71.8 Å². The van der Waals surface area contributed by atoms with Crippen LogP contribution in [0, 0.1) is 25.6 Å². The first kappa shape index (κ1) is 16.5. The maximum atomic E-state index is 13.6. The van der Waals surface area contributed by atoms with Crippen LogP contribution in [0.4, 0.5) is 4.39 Å². The van der Waals surface area contributed by atoms with E-state index in [2.05, 4.69) is 26.1 Å². The van der Waals surface area contributed by atoms with Crippen LogP contribution in [0.5, 0.6) is 0 Å². The van der Waals surface area contributed by atoms with Gasteiger partial charge in [-0.05, 0) is 68.0 Å². The molecule has 1 aliphatic rings. The Morgan fingerprint density at radius 3 is 2.10 bits per heavy atom. The van der Waals surface area contributed by atoms with E-state index in [0.717, 1.165) is 17.7 Å². The maximum absolute atomic E-state index is 13.6. The summed E-state index contributed by atoms with van der Waals surface area (Å²) in [5, 5.41) is 3.70. The predicted molar refractivity (Wildman–Crippen MR) is 88.1 cm³/mol. The highest BCUT2D eigenvalue weighted by atomic mass is 19.1. The van der Waals surface area contributed by atoms with Gasteiger partial charge < -0.3 is 5.32 Å². The van der Waals surface area contributed by atoms with E-state index >= 15 is 0 Å². The average Bonchev–Trinajstić information content (AvgIpc) is 2.36. The Balaban J connectivity index is 2.28. The second-order valence-electron chi connectivity index (χ2n) is 6.59. The Kier molecular flexibility index (Phi) is 6.22. The number of hydrogen-bond donors (Lipinski definition) is 1. The quantitative estimate of drug-likeness (QED) is 0.777. The van der Waals surface area contributed by atoms with Crippen molar-refractivity contribution >= 4 is 0 Å². The first-order valence-electron chi connectivity index (χ1n) is 8.63. The van der Waals surface area contributed by atoms with Crippen LogP contribution in [0.25, 0.3) is 0 Å². The molecule has 2 heteroatoms. The Hall–Kier alpha value is -0.890. The predicted octanol–water partition coefficient (Wildman–Crippen LogP) is 5.45. The second-order valence-corrected chi connectivity index (χ2v) is 6.59. The fourth-order valence-electron chi connectivity index (χ4n) is 3.96. The van der Waals surface area contributed by atoms with Gasteiger partial charge in [-0.25, -0.2) is 4.39 Å². The number of nitrogens with one attached hydrogen (secondary N) is 1. The SMILES string of the molecule is CCNC(c1c(C)cc(F)cc1C)C1CCCCCCC1. The summed E-state index contributed by atoms with van der Waals surface area (Å²) in [6.45, 7) is 7.25. The molecule has 0 aromatic heterocycles. The lowest BCUT2D eigenvalue weighted by Gasteiger charge is -2.32. The highest BCUT2D eigenvalue weighted by Crippen LogP contribution is 2.36. The van der Waals surface area contributed by atoms with E-state index in [4.69, 9.17) is 0 Å². The smallest absolute Gasteiger partial charge is 0.123 e. The van der Waals surface area contributed by atoms with Gasteiger partial charge in [-0.1, -0.05) is 39.0 Å². The minimum atomic E-state index is -0.110. The zero-order chi connectivity index (χ0) is 15.2. The van der Waals surface area contributed by atoms with Crippen molar-refractivity contribution in [2.75, 3.05) is 6.54 Å². The zero-order valence-corrected chi connectivity index (χ0v) is 13.8. The molecule has 1 unspecified atom stereocenters. The summed E-state index contributed by atoms with van der Waals surface area (Å²) in [4.78, 5) is 0. The van der Waals surface area contributed by atoms with Crippen LogP contribution in [-0.2, 0) is 0 Å². The highest BCUT2D eigenvalue weighted by Gasteiger charge is 2.25. The number of rotatable bonds is 4. The van der Waals surface area contributed by atoms with Gasteiger partial charge in [0.05, 0.1) is 0 Å². The zero-order valence-electron chi connectivity index (χ0n) is 13.8. The molecule has 0 spiro atoms. The number of aryl methyl sites for hydroxylation is 2. The maximum Gasteiger partial charge on any atom is 0.123 e. The van der Waals surface area contributed by atoms with Crippen LogP contribution in [0.3, 0.4) is 0 Å². The highest BCUT2D eigenvalue weighted by molar-refractivity contribution is 5.37. The third-order valence-corrected chi connectivity index (χ3v) is 4.91. The van der Waals surface area contributed by atoms with E-state index in [1.54, 1.807) is 12.1 Å². The van der Waals surface area contributed by atoms with Crippen molar-refractivity contribution in [3.05, 3.63) is 34.6 Å². The van der Waals surface area contributed by atoms with Crippen molar-refractivity contribution in [2.24, 2.45) is 5.92 Å². The summed E-state index contributed by atoms with van der Waals surface area (Å²) in [5.74, 6) is 0.578. The fraction of sp³-hybridized carbons (Fsp3) is 0.684. The van der Waals surface area contributed by atoms with Gasteiger partial charge in [0, 0.05) is 6.04 Å². The molecule has 0 aliphatic heterocycles. The third-order valence-electron chi connectivity index (χ3n) is 4.91. The van der Waals surface area contributed by atoms with Gasteiger partial charge in [0.15, 0.2) is 0 Å². The lowest BCUT2D eigenvalue weighted by Crippen LogP contribution is -2.30. The molecule has 0 radical (unpaired) electrons. The van der Waals surface area contributed by atoms with E-state index < -0.39 is 0 Å². The summed E-state index contributed by atoms with van der Waals surface area (Å²) in [6, 6.07) is 3.76. The molecule has 118 valence electrons. The topological polar surface area (TPSA) is 12.0 Å². The van der Waals surface area contributed by atoms with Crippen molar-refractivity contribution in [3.8, 4) is 0 Å². The molecule has 0 saturated heterocycles. The first-order chi connectivity index (χ1) is 10.1. The van der Waals surface area contributed by atoms with Gasteiger partial charge >= 0.3 is 0 Å². The van der Waals surface area contributed by atoms with Gasteiger partial charge in [-0.2, -0.15) is 0 Å². The second kappa shape index (κ2) is 7.93. The van der Waals surface area contributed by atoms with Gasteiger partial charge in [0.1, 0.15) is 5.82 Å². The van der Waals surface area contributed by atoms with E-state index in [0.29, 0.717) is 12.0 Å². The minimum absolute atomic E-state index is 0.110. The largest absolute Gasteiger partial charge is 0.310 e. The molecule has 1 fully saturated rings. The molecule has 1 N–H and O–H groups in total. The molecule has 1 atom stereocenters. The molecular weight excluding hydrogens is 261 g/mol. The molecule has 0 amide bonds. The van der Waals surface area contributed by atoms with E-state index in [-0.39, 0.29) is 5.82 Å². The molecule has 1 saturated carbocycles. The number of hydrogen-bond acceptors (Lipinski definition) is 1. The van der Waals surface area contributed by atoms with Crippen LogP contribution in [-0.4, -0.2) is 6.54 Å². The van der Waals surface area contributed by atoms with Gasteiger partial charge in [0.2, 0.25) is 0 Å². The molecule has 1 nitrogen and oxygen atoms in total. The van der Waals surface area contributed by atoms with Crippen molar-refractivity contribution in [3.63, 3.8) is 0 Å². The van der Waals surface area contributed by atoms with Crippen molar-refractivity contribution < 1.29 is 4.39 Å². The Labute approximate surface area is 129 Å².